The van der Waals surface area contributed by atoms with Crippen LogP contribution in [0.1, 0.15) is 33.2 Å². The second kappa shape index (κ2) is 7.50. The molecule has 136 valence electrons. The predicted octanol–water partition coefficient (Wildman–Crippen LogP) is 3.88. The maximum atomic E-state index is 11.1. The zero-order chi connectivity index (χ0) is 18.6. The largest absolute Gasteiger partial charge is 0.496 e. The molecule has 0 unspecified atom stereocenters. The van der Waals surface area contributed by atoms with E-state index in [1.54, 1.807) is 13.2 Å². The molecule has 0 spiro atoms. The first kappa shape index (κ1) is 17.1. The molecule has 1 aliphatic heterocycles. The normalized spacial score (nSPS) is 15.9. The SMILES string of the molecule is COc1ccc(C=O)cc1Cn1cccc1C1=N[C@H](c2ccccc2)CO1. The molecule has 4 rings (SSSR count). The van der Waals surface area contributed by atoms with E-state index in [9.17, 15) is 4.79 Å². The van der Waals surface area contributed by atoms with Crippen molar-refractivity contribution in [2.45, 2.75) is 12.6 Å². The van der Waals surface area contributed by atoms with E-state index in [1.807, 2.05) is 48.7 Å². The monoisotopic (exact) mass is 360 g/mol. The Balaban J connectivity index is 1.62. The minimum atomic E-state index is 0.0116. The van der Waals surface area contributed by atoms with E-state index in [4.69, 9.17) is 14.5 Å². The molecule has 1 aliphatic rings. The molecule has 0 saturated carbocycles. The summed E-state index contributed by atoms with van der Waals surface area (Å²) in [5, 5.41) is 0. The summed E-state index contributed by atoms with van der Waals surface area (Å²) in [5.41, 5.74) is 3.61. The number of benzene rings is 2. The van der Waals surface area contributed by atoms with Gasteiger partial charge in [-0.05, 0) is 35.9 Å². The van der Waals surface area contributed by atoms with Crippen LogP contribution in [0.5, 0.6) is 5.75 Å². The zero-order valence-electron chi connectivity index (χ0n) is 15.0. The summed E-state index contributed by atoms with van der Waals surface area (Å²) in [6.45, 7) is 1.10. The van der Waals surface area contributed by atoms with Crippen molar-refractivity contribution in [3.63, 3.8) is 0 Å². The molecule has 5 heteroatoms. The molecule has 0 radical (unpaired) electrons. The average molecular weight is 360 g/mol. The fraction of sp³-hybridized carbons (Fsp3) is 0.182. The number of hydrogen-bond donors (Lipinski definition) is 0. The van der Waals surface area contributed by atoms with E-state index in [-0.39, 0.29) is 6.04 Å². The van der Waals surface area contributed by atoms with Crippen LogP contribution in [-0.2, 0) is 11.3 Å². The molecule has 1 atom stereocenters. The van der Waals surface area contributed by atoms with Crippen LogP contribution in [0.25, 0.3) is 0 Å². The van der Waals surface area contributed by atoms with Crippen molar-refractivity contribution < 1.29 is 14.3 Å². The van der Waals surface area contributed by atoms with Gasteiger partial charge in [-0.2, -0.15) is 0 Å². The Morgan fingerprint density at radius 3 is 2.81 bits per heavy atom. The molecular weight excluding hydrogens is 340 g/mol. The van der Waals surface area contributed by atoms with Gasteiger partial charge in [-0.15, -0.1) is 0 Å². The first-order valence-corrected chi connectivity index (χ1v) is 8.81. The van der Waals surface area contributed by atoms with Gasteiger partial charge in [-0.3, -0.25) is 4.79 Å². The van der Waals surface area contributed by atoms with Crippen LogP contribution in [0.2, 0.25) is 0 Å². The molecular formula is C22H20N2O3. The number of carbonyl (C=O) groups excluding carboxylic acids is 1. The molecule has 0 amide bonds. The topological polar surface area (TPSA) is 52.8 Å². The molecule has 0 bridgehead atoms. The highest BCUT2D eigenvalue weighted by Crippen LogP contribution is 2.26. The van der Waals surface area contributed by atoms with E-state index in [0.29, 0.717) is 24.6 Å². The number of carbonyl (C=O) groups is 1. The molecule has 27 heavy (non-hydrogen) atoms. The number of hydrogen-bond acceptors (Lipinski definition) is 4. The lowest BCUT2D eigenvalue weighted by Gasteiger charge is -2.13. The van der Waals surface area contributed by atoms with Crippen molar-refractivity contribution >= 4 is 12.2 Å². The highest BCUT2D eigenvalue weighted by molar-refractivity contribution is 5.93. The molecule has 5 nitrogen and oxygen atoms in total. The van der Waals surface area contributed by atoms with E-state index in [2.05, 4.69) is 16.7 Å². The summed E-state index contributed by atoms with van der Waals surface area (Å²) in [6.07, 6.45) is 2.82. The fourth-order valence-electron chi connectivity index (χ4n) is 3.28. The lowest BCUT2D eigenvalue weighted by molar-refractivity contribution is 0.112. The molecule has 1 aromatic heterocycles. The van der Waals surface area contributed by atoms with Crippen LogP contribution < -0.4 is 4.74 Å². The third-order valence-corrected chi connectivity index (χ3v) is 4.67. The molecule has 2 aromatic carbocycles. The molecule has 3 aromatic rings. The van der Waals surface area contributed by atoms with Gasteiger partial charge in [0.05, 0.1) is 13.7 Å². The molecule has 2 heterocycles. The van der Waals surface area contributed by atoms with E-state index in [1.165, 1.54) is 0 Å². The van der Waals surface area contributed by atoms with E-state index >= 15 is 0 Å². The van der Waals surface area contributed by atoms with Crippen molar-refractivity contribution in [2.24, 2.45) is 4.99 Å². The quantitative estimate of drug-likeness (QED) is 0.627. The third-order valence-electron chi connectivity index (χ3n) is 4.67. The zero-order valence-corrected chi connectivity index (χ0v) is 15.0. The second-order valence-corrected chi connectivity index (χ2v) is 6.38. The van der Waals surface area contributed by atoms with Gasteiger partial charge in [0.15, 0.2) is 0 Å². The van der Waals surface area contributed by atoms with Crippen molar-refractivity contribution in [3.05, 3.63) is 89.2 Å². The van der Waals surface area contributed by atoms with Gasteiger partial charge in [0.2, 0.25) is 5.90 Å². The highest BCUT2D eigenvalue weighted by Gasteiger charge is 2.23. The minimum Gasteiger partial charge on any atom is -0.496 e. The number of ether oxygens (including phenoxy) is 2. The lowest BCUT2D eigenvalue weighted by atomic mass is 10.1. The van der Waals surface area contributed by atoms with E-state index < -0.39 is 0 Å². The maximum Gasteiger partial charge on any atom is 0.234 e. The van der Waals surface area contributed by atoms with Gasteiger partial charge in [-0.25, -0.2) is 4.99 Å². The van der Waals surface area contributed by atoms with Crippen molar-refractivity contribution in [3.8, 4) is 5.75 Å². The number of nitrogens with zero attached hydrogens (tertiary/aromatic N) is 2. The van der Waals surface area contributed by atoms with Crippen LogP contribution in [0, 0.1) is 0 Å². The number of aromatic nitrogens is 1. The molecule has 0 saturated heterocycles. The average Bonchev–Trinajstić information content (AvgIpc) is 3.38. The maximum absolute atomic E-state index is 11.1. The molecule has 0 N–H and O–H groups in total. The summed E-state index contributed by atoms with van der Waals surface area (Å²) >= 11 is 0. The molecule has 0 fully saturated rings. The molecule has 0 aliphatic carbocycles. The first-order chi connectivity index (χ1) is 13.3. The summed E-state index contributed by atoms with van der Waals surface area (Å²) in [5.74, 6) is 1.39. The Bertz CT molecular complexity index is 976. The van der Waals surface area contributed by atoms with Gasteiger partial charge in [0, 0.05) is 17.3 Å². The van der Waals surface area contributed by atoms with Gasteiger partial charge in [0.1, 0.15) is 30.4 Å². The number of methoxy groups -OCH3 is 1. The summed E-state index contributed by atoms with van der Waals surface area (Å²) < 4.78 is 13.4. The second-order valence-electron chi connectivity index (χ2n) is 6.38. The van der Waals surface area contributed by atoms with Crippen LogP contribution >= 0.6 is 0 Å². The lowest BCUT2D eigenvalue weighted by Crippen LogP contribution is -2.11. The number of rotatable bonds is 6. The van der Waals surface area contributed by atoms with Gasteiger partial charge in [0.25, 0.3) is 0 Å². The minimum absolute atomic E-state index is 0.0116. The Morgan fingerprint density at radius 1 is 1.19 bits per heavy atom. The van der Waals surface area contributed by atoms with Crippen LogP contribution in [0.15, 0.2) is 71.9 Å². The summed E-state index contributed by atoms with van der Waals surface area (Å²) in [7, 11) is 1.63. The predicted molar refractivity (Wildman–Crippen MR) is 104 cm³/mol. The number of aliphatic imine (C=N–C) groups is 1. The standard InChI is InChI=1S/C22H20N2O3/c1-26-21-10-9-16(14-25)12-18(21)13-24-11-5-8-20(24)22-23-19(15-27-22)17-6-3-2-4-7-17/h2-12,14,19H,13,15H2,1H3/t19-/m0/s1. The van der Waals surface area contributed by atoms with Crippen LogP contribution in [0.3, 0.4) is 0 Å². The third kappa shape index (κ3) is 3.49. The van der Waals surface area contributed by atoms with Crippen LogP contribution in [0.4, 0.5) is 0 Å². The van der Waals surface area contributed by atoms with Crippen LogP contribution in [-0.4, -0.2) is 30.5 Å². The van der Waals surface area contributed by atoms with Crippen molar-refractivity contribution in [1.29, 1.82) is 0 Å². The smallest absolute Gasteiger partial charge is 0.234 e. The number of aldehydes is 1. The van der Waals surface area contributed by atoms with Gasteiger partial charge in [-0.1, -0.05) is 30.3 Å². The van der Waals surface area contributed by atoms with Gasteiger partial charge >= 0.3 is 0 Å². The van der Waals surface area contributed by atoms with E-state index in [0.717, 1.165) is 28.9 Å². The Hall–Kier alpha value is -3.34. The Kier molecular flexibility index (Phi) is 4.75. The first-order valence-electron chi connectivity index (χ1n) is 8.81. The fourth-order valence-corrected chi connectivity index (χ4v) is 3.28. The van der Waals surface area contributed by atoms with Gasteiger partial charge < -0.3 is 14.0 Å². The summed E-state index contributed by atoms with van der Waals surface area (Å²) in [4.78, 5) is 15.9. The van der Waals surface area contributed by atoms with Crippen molar-refractivity contribution in [1.82, 2.24) is 4.57 Å². The van der Waals surface area contributed by atoms with Crippen molar-refractivity contribution in [2.75, 3.05) is 13.7 Å². The Labute approximate surface area is 157 Å². The summed E-state index contributed by atoms with van der Waals surface area (Å²) in [6, 6.07) is 19.5. The highest BCUT2D eigenvalue weighted by atomic mass is 16.5. The Morgan fingerprint density at radius 2 is 2.04 bits per heavy atom.